The first-order valence-corrected chi connectivity index (χ1v) is 9.02. The lowest BCUT2D eigenvalue weighted by Gasteiger charge is -2.03. The number of rotatable bonds is 4. The van der Waals surface area contributed by atoms with E-state index in [4.69, 9.17) is 20.8 Å². The summed E-state index contributed by atoms with van der Waals surface area (Å²) >= 11 is 7.21. The quantitative estimate of drug-likeness (QED) is 0.483. The number of fused-ring (bicyclic) bond motifs is 1. The molecule has 2 aromatic carbocycles. The molecule has 2 heterocycles. The molecule has 0 N–H and O–H groups in total. The largest absolute Gasteiger partial charge is 0.497 e. The third kappa shape index (κ3) is 3.58. The molecule has 4 aromatic rings. The van der Waals surface area contributed by atoms with E-state index in [9.17, 15) is 5.26 Å². The number of nitrogens with zero attached hydrogens (tertiary/aromatic N) is 4. The summed E-state index contributed by atoms with van der Waals surface area (Å²) in [6.07, 6.45) is 0. The van der Waals surface area contributed by atoms with E-state index >= 15 is 0 Å². The van der Waals surface area contributed by atoms with Crippen LogP contribution >= 0.6 is 23.4 Å². The molecule has 0 spiro atoms. The molecule has 0 aliphatic heterocycles. The normalized spacial score (nSPS) is 10.7. The predicted molar refractivity (Wildman–Crippen MR) is 102 cm³/mol. The smallest absolute Gasteiger partial charge is 0.283 e. The van der Waals surface area contributed by atoms with E-state index in [-0.39, 0.29) is 0 Å². The summed E-state index contributed by atoms with van der Waals surface area (Å²) in [6.45, 7) is 0. The molecule has 0 unspecified atom stereocenters. The fourth-order valence-electron chi connectivity index (χ4n) is 2.51. The van der Waals surface area contributed by atoms with Crippen LogP contribution in [0.1, 0.15) is 5.56 Å². The minimum atomic E-state index is 0.338. The summed E-state index contributed by atoms with van der Waals surface area (Å²) in [5, 5.41) is 19.7. The molecule has 0 saturated carbocycles. The molecule has 6 nitrogen and oxygen atoms in total. The van der Waals surface area contributed by atoms with Crippen molar-refractivity contribution in [3.05, 3.63) is 59.1 Å². The fraction of sp³-hybridized carbons (Fsp3) is 0.0526. The molecule has 0 saturated heterocycles. The van der Waals surface area contributed by atoms with E-state index in [1.54, 1.807) is 31.4 Å². The Bertz CT molecular complexity index is 1170. The SMILES string of the molecule is COc1ccc(-c2nnc(Sc3cc(C#N)c4cc(Cl)ccc4n3)o2)cc1. The Morgan fingerprint density at radius 2 is 1.93 bits per heavy atom. The van der Waals surface area contributed by atoms with Gasteiger partial charge in [-0.3, -0.25) is 0 Å². The van der Waals surface area contributed by atoms with Gasteiger partial charge in [0, 0.05) is 16.0 Å². The molecule has 0 fully saturated rings. The maximum absolute atomic E-state index is 9.42. The van der Waals surface area contributed by atoms with Gasteiger partial charge in [0.2, 0.25) is 5.89 Å². The molecule has 0 radical (unpaired) electrons. The highest BCUT2D eigenvalue weighted by molar-refractivity contribution is 7.99. The van der Waals surface area contributed by atoms with Gasteiger partial charge in [-0.1, -0.05) is 11.6 Å². The first-order valence-electron chi connectivity index (χ1n) is 7.82. The lowest BCUT2D eigenvalue weighted by molar-refractivity contribution is 0.414. The highest BCUT2D eigenvalue weighted by atomic mass is 35.5. The number of benzene rings is 2. The second kappa shape index (κ2) is 7.27. The Balaban J connectivity index is 1.64. The number of pyridine rings is 1. The first kappa shape index (κ1) is 17.3. The van der Waals surface area contributed by atoms with Crippen LogP contribution in [-0.4, -0.2) is 22.3 Å². The van der Waals surface area contributed by atoms with Crippen molar-refractivity contribution in [2.45, 2.75) is 10.2 Å². The van der Waals surface area contributed by atoms with Gasteiger partial charge in [0.15, 0.2) is 0 Å². The van der Waals surface area contributed by atoms with Crippen molar-refractivity contribution >= 4 is 34.3 Å². The van der Waals surface area contributed by atoms with E-state index in [0.717, 1.165) is 11.3 Å². The highest BCUT2D eigenvalue weighted by Crippen LogP contribution is 2.31. The number of methoxy groups -OCH3 is 1. The average Bonchev–Trinajstić information content (AvgIpc) is 3.16. The van der Waals surface area contributed by atoms with Crippen molar-refractivity contribution in [1.29, 1.82) is 5.26 Å². The third-order valence-corrected chi connectivity index (χ3v) is 4.80. The molecule has 27 heavy (non-hydrogen) atoms. The van der Waals surface area contributed by atoms with E-state index < -0.39 is 0 Å². The summed E-state index contributed by atoms with van der Waals surface area (Å²) in [5.74, 6) is 1.14. The zero-order chi connectivity index (χ0) is 18.8. The van der Waals surface area contributed by atoms with Gasteiger partial charge < -0.3 is 9.15 Å². The van der Waals surface area contributed by atoms with Crippen LogP contribution in [0.2, 0.25) is 5.02 Å². The third-order valence-electron chi connectivity index (χ3n) is 3.80. The topological polar surface area (TPSA) is 84.8 Å². The molecular weight excluding hydrogens is 384 g/mol. The van der Waals surface area contributed by atoms with Gasteiger partial charge in [-0.05, 0) is 60.3 Å². The highest BCUT2D eigenvalue weighted by Gasteiger charge is 2.13. The predicted octanol–water partition coefficient (Wildman–Crippen LogP) is 4.97. The molecule has 0 amide bonds. The Morgan fingerprint density at radius 3 is 2.67 bits per heavy atom. The van der Waals surface area contributed by atoms with Crippen molar-refractivity contribution in [3.8, 4) is 23.3 Å². The van der Waals surface area contributed by atoms with Crippen LogP contribution in [0.4, 0.5) is 0 Å². The number of halogens is 1. The van der Waals surface area contributed by atoms with Crippen molar-refractivity contribution in [2.75, 3.05) is 7.11 Å². The molecule has 2 aromatic heterocycles. The minimum absolute atomic E-state index is 0.338. The van der Waals surface area contributed by atoms with Gasteiger partial charge in [0.25, 0.3) is 5.22 Å². The Morgan fingerprint density at radius 1 is 1.11 bits per heavy atom. The second-order valence-electron chi connectivity index (χ2n) is 5.49. The fourth-order valence-corrected chi connectivity index (χ4v) is 3.38. The van der Waals surface area contributed by atoms with Crippen molar-refractivity contribution in [1.82, 2.24) is 15.2 Å². The van der Waals surface area contributed by atoms with Crippen molar-refractivity contribution < 1.29 is 9.15 Å². The molecule has 0 aliphatic carbocycles. The van der Waals surface area contributed by atoms with Crippen LogP contribution in [0, 0.1) is 11.3 Å². The molecular formula is C19H11ClN4O2S. The Labute approximate surface area is 163 Å². The first-order chi connectivity index (χ1) is 13.2. The van der Waals surface area contributed by atoms with Crippen LogP contribution in [0.15, 0.2) is 63.2 Å². The van der Waals surface area contributed by atoms with Crippen LogP contribution in [0.25, 0.3) is 22.4 Å². The summed E-state index contributed by atoms with van der Waals surface area (Å²) in [6, 6.07) is 16.4. The van der Waals surface area contributed by atoms with Gasteiger partial charge in [-0.25, -0.2) is 4.98 Å². The zero-order valence-corrected chi connectivity index (χ0v) is 15.6. The van der Waals surface area contributed by atoms with Gasteiger partial charge >= 0.3 is 0 Å². The van der Waals surface area contributed by atoms with Gasteiger partial charge in [0.1, 0.15) is 10.8 Å². The van der Waals surface area contributed by atoms with Gasteiger partial charge in [-0.2, -0.15) is 5.26 Å². The van der Waals surface area contributed by atoms with Crippen molar-refractivity contribution in [3.63, 3.8) is 0 Å². The van der Waals surface area contributed by atoms with Crippen LogP contribution in [-0.2, 0) is 0 Å². The maximum Gasteiger partial charge on any atom is 0.283 e. The number of nitriles is 1. The summed E-state index contributed by atoms with van der Waals surface area (Å²) in [5.41, 5.74) is 1.95. The lowest BCUT2D eigenvalue weighted by Crippen LogP contribution is -1.88. The van der Waals surface area contributed by atoms with E-state index in [1.165, 1.54) is 11.8 Å². The molecule has 4 rings (SSSR count). The van der Waals surface area contributed by atoms with Gasteiger partial charge in [-0.15, -0.1) is 10.2 Å². The Hall–Kier alpha value is -3.08. The van der Waals surface area contributed by atoms with Gasteiger partial charge in [0.05, 0.1) is 24.3 Å². The monoisotopic (exact) mass is 394 g/mol. The molecule has 0 bridgehead atoms. The summed E-state index contributed by atoms with van der Waals surface area (Å²) < 4.78 is 10.8. The van der Waals surface area contributed by atoms with Crippen LogP contribution in [0.3, 0.4) is 0 Å². The number of hydrogen-bond donors (Lipinski definition) is 0. The number of ether oxygens (including phenoxy) is 1. The molecule has 0 aliphatic rings. The zero-order valence-electron chi connectivity index (χ0n) is 14.0. The molecule has 0 atom stereocenters. The van der Waals surface area contributed by atoms with Crippen molar-refractivity contribution in [2.24, 2.45) is 0 Å². The van der Waals surface area contributed by atoms with Crippen LogP contribution < -0.4 is 4.74 Å². The number of aromatic nitrogens is 3. The molecule has 132 valence electrons. The Kier molecular flexibility index (Phi) is 4.67. The number of hydrogen-bond acceptors (Lipinski definition) is 7. The van der Waals surface area contributed by atoms with Crippen LogP contribution in [0.5, 0.6) is 5.75 Å². The minimum Gasteiger partial charge on any atom is -0.497 e. The van der Waals surface area contributed by atoms with E-state index in [2.05, 4.69) is 21.3 Å². The second-order valence-corrected chi connectivity index (χ2v) is 6.89. The lowest BCUT2D eigenvalue weighted by atomic mass is 10.1. The van der Waals surface area contributed by atoms with E-state index in [0.29, 0.717) is 37.6 Å². The standard InChI is InChI=1S/C19H11ClN4O2S/c1-25-14-5-2-11(3-6-14)18-23-24-19(26-18)27-17-8-12(10-21)15-9-13(20)4-7-16(15)22-17/h2-9H,1H3. The molecule has 8 heteroatoms. The summed E-state index contributed by atoms with van der Waals surface area (Å²) in [7, 11) is 1.61. The average molecular weight is 395 g/mol. The van der Waals surface area contributed by atoms with E-state index in [1.807, 2.05) is 24.3 Å². The maximum atomic E-state index is 9.42. The summed E-state index contributed by atoms with van der Waals surface area (Å²) in [4.78, 5) is 4.53.